The lowest BCUT2D eigenvalue weighted by Crippen LogP contribution is -2.18. The third kappa shape index (κ3) is 7.10. The highest BCUT2D eigenvalue weighted by molar-refractivity contribution is 7.14. The molecule has 6 heteroatoms. The summed E-state index contributed by atoms with van der Waals surface area (Å²) in [5.74, 6) is 1.18. The lowest BCUT2D eigenvalue weighted by molar-refractivity contribution is -0.117. The number of aromatic nitrogens is 1. The minimum absolute atomic E-state index is 0.0487. The van der Waals surface area contributed by atoms with Gasteiger partial charge in [-0.15, -0.1) is 11.3 Å². The summed E-state index contributed by atoms with van der Waals surface area (Å²) in [7, 11) is 1.65. The topological polar surface area (TPSA) is 63.2 Å². The van der Waals surface area contributed by atoms with Crippen LogP contribution in [0.4, 0.5) is 16.5 Å². The summed E-state index contributed by atoms with van der Waals surface area (Å²) in [4.78, 5) is 17.2. The molecule has 1 amide bonds. The number of thiazole rings is 1. The third-order valence-corrected chi connectivity index (χ3v) is 5.52. The fraction of sp³-hybridized carbons (Fsp3) is 0.360. The summed E-state index contributed by atoms with van der Waals surface area (Å²) in [6.07, 6.45) is 1.54. The number of ether oxygens (including phenoxy) is 1. The van der Waals surface area contributed by atoms with Crippen LogP contribution in [0.3, 0.4) is 0 Å². The molecule has 0 radical (unpaired) electrons. The fourth-order valence-corrected chi connectivity index (χ4v) is 4.43. The highest BCUT2D eigenvalue weighted by Crippen LogP contribution is 2.30. The molecule has 3 rings (SSSR count). The van der Waals surface area contributed by atoms with E-state index in [4.69, 9.17) is 9.72 Å². The highest BCUT2D eigenvalue weighted by atomic mass is 32.1. The van der Waals surface area contributed by atoms with Gasteiger partial charge in [-0.25, -0.2) is 4.98 Å². The smallest absolute Gasteiger partial charge is 0.224 e. The van der Waals surface area contributed by atoms with Crippen LogP contribution in [0.5, 0.6) is 5.75 Å². The standard InChI is InChI=1S/C25H31N3O2S/c1-17(15-25(2,3)4)12-23(29)26-19-9-6-8-18(13-19)22-16-31-24(28-22)27-20-10-7-11-21(14-20)30-5/h6-11,13-14,16-17H,12,15H2,1-5H3,(H,26,29)(H,27,28). The van der Waals surface area contributed by atoms with Gasteiger partial charge in [0.25, 0.3) is 0 Å². The predicted octanol–water partition coefficient (Wildman–Crippen LogP) is 6.96. The number of anilines is 3. The maximum Gasteiger partial charge on any atom is 0.224 e. The van der Waals surface area contributed by atoms with Gasteiger partial charge in [0.15, 0.2) is 5.13 Å². The lowest BCUT2D eigenvalue weighted by Gasteiger charge is -2.22. The molecule has 31 heavy (non-hydrogen) atoms. The zero-order chi connectivity index (χ0) is 22.4. The molecule has 0 bridgehead atoms. The first kappa shape index (κ1) is 22.8. The summed E-state index contributed by atoms with van der Waals surface area (Å²) >= 11 is 1.54. The number of carbonyl (C=O) groups is 1. The Kier molecular flexibility index (Phi) is 7.33. The van der Waals surface area contributed by atoms with Gasteiger partial charge in [0.2, 0.25) is 5.91 Å². The number of nitrogens with one attached hydrogen (secondary N) is 2. The number of nitrogens with zero attached hydrogens (tertiary/aromatic N) is 1. The molecule has 0 fully saturated rings. The van der Waals surface area contributed by atoms with Gasteiger partial charge in [-0.2, -0.15) is 0 Å². The van der Waals surface area contributed by atoms with Crippen molar-refractivity contribution in [3.05, 3.63) is 53.9 Å². The largest absolute Gasteiger partial charge is 0.497 e. The summed E-state index contributed by atoms with van der Waals surface area (Å²) in [6, 6.07) is 15.6. The monoisotopic (exact) mass is 437 g/mol. The van der Waals surface area contributed by atoms with Crippen molar-refractivity contribution in [2.75, 3.05) is 17.7 Å². The van der Waals surface area contributed by atoms with E-state index < -0.39 is 0 Å². The van der Waals surface area contributed by atoms with E-state index in [0.29, 0.717) is 12.3 Å². The van der Waals surface area contributed by atoms with Crippen LogP contribution in [-0.4, -0.2) is 18.0 Å². The average Bonchev–Trinajstić information content (AvgIpc) is 3.15. The van der Waals surface area contributed by atoms with Gasteiger partial charge in [-0.05, 0) is 42.0 Å². The van der Waals surface area contributed by atoms with E-state index in [0.717, 1.165) is 39.9 Å². The first-order valence-electron chi connectivity index (χ1n) is 10.5. The maximum absolute atomic E-state index is 12.5. The van der Waals surface area contributed by atoms with Crippen LogP contribution in [0.25, 0.3) is 11.3 Å². The molecule has 2 N–H and O–H groups in total. The van der Waals surface area contributed by atoms with Gasteiger partial charge in [0, 0.05) is 34.8 Å². The molecule has 0 saturated heterocycles. The van der Waals surface area contributed by atoms with Crippen molar-refractivity contribution in [1.29, 1.82) is 0 Å². The van der Waals surface area contributed by atoms with Crippen molar-refractivity contribution in [3.63, 3.8) is 0 Å². The number of amides is 1. The Bertz CT molecular complexity index is 1020. The van der Waals surface area contributed by atoms with E-state index >= 15 is 0 Å². The predicted molar refractivity (Wildman–Crippen MR) is 130 cm³/mol. The molecule has 1 atom stereocenters. The van der Waals surface area contributed by atoms with Crippen LogP contribution in [0.15, 0.2) is 53.9 Å². The number of hydrogen-bond acceptors (Lipinski definition) is 5. The molecule has 164 valence electrons. The van der Waals surface area contributed by atoms with Gasteiger partial charge in [-0.3, -0.25) is 4.79 Å². The van der Waals surface area contributed by atoms with Crippen molar-refractivity contribution in [1.82, 2.24) is 4.98 Å². The summed E-state index contributed by atoms with van der Waals surface area (Å²) in [5, 5.41) is 9.16. The average molecular weight is 438 g/mol. The van der Waals surface area contributed by atoms with Gasteiger partial charge in [0.05, 0.1) is 12.8 Å². The summed E-state index contributed by atoms with van der Waals surface area (Å²) in [5.41, 5.74) is 3.77. The molecule has 0 aliphatic carbocycles. The van der Waals surface area contributed by atoms with Gasteiger partial charge in [0.1, 0.15) is 5.75 Å². The number of carbonyl (C=O) groups excluding carboxylic acids is 1. The van der Waals surface area contributed by atoms with Crippen LogP contribution in [-0.2, 0) is 4.79 Å². The maximum atomic E-state index is 12.5. The molecule has 0 saturated carbocycles. The number of methoxy groups -OCH3 is 1. The lowest BCUT2D eigenvalue weighted by atomic mass is 9.84. The minimum atomic E-state index is 0.0487. The van der Waals surface area contributed by atoms with E-state index in [-0.39, 0.29) is 11.3 Å². The quantitative estimate of drug-likeness (QED) is 0.400. The number of hydrogen-bond donors (Lipinski definition) is 2. The normalized spacial score (nSPS) is 12.3. The Morgan fingerprint density at radius 3 is 2.61 bits per heavy atom. The van der Waals surface area contributed by atoms with Gasteiger partial charge < -0.3 is 15.4 Å². The molecule has 0 aliphatic rings. The molecule has 1 aromatic heterocycles. The Morgan fingerprint density at radius 2 is 1.87 bits per heavy atom. The molecule has 1 unspecified atom stereocenters. The van der Waals surface area contributed by atoms with Gasteiger partial charge in [-0.1, -0.05) is 45.9 Å². The minimum Gasteiger partial charge on any atom is -0.497 e. The van der Waals surface area contributed by atoms with E-state index in [9.17, 15) is 4.79 Å². The van der Waals surface area contributed by atoms with Crippen LogP contribution in [0.2, 0.25) is 0 Å². The zero-order valence-electron chi connectivity index (χ0n) is 18.9. The van der Waals surface area contributed by atoms with Crippen molar-refractivity contribution in [2.45, 2.75) is 40.5 Å². The second-order valence-corrected chi connectivity index (χ2v) is 9.96. The molecule has 0 aliphatic heterocycles. The summed E-state index contributed by atoms with van der Waals surface area (Å²) < 4.78 is 5.27. The van der Waals surface area contributed by atoms with Gasteiger partial charge >= 0.3 is 0 Å². The highest BCUT2D eigenvalue weighted by Gasteiger charge is 2.18. The second kappa shape index (κ2) is 9.96. The Hall–Kier alpha value is -2.86. The Balaban J connectivity index is 1.64. The van der Waals surface area contributed by atoms with Crippen LogP contribution < -0.4 is 15.4 Å². The molecule has 3 aromatic rings. The van der Waals surface area contributed by atoms with E-state index in [1.807, 2.05) is 53.9 Å². The first-order chi connectivity index (χ1) is 14.7. The van der Waals surface area contributed by atoms with Crippen molar-refractivity contribution in [2.24, 2.45) is 11.3 Å². The van der Waals surface area contributed by atoms with E-state index in [2.05, 4.69) is 38.3 Å². The molecule has 1 heterocycles. The van der Waals surface area contributed by atoms with Crippen LogP contribution in [0, 0.1) is 11.3 Å². The van der Waals surface area contributed by atoms with Crippen molar-refractivity contribution < 1.29 is 9.53 Å². The van der Waals surface area contributed by atoms with Crippen LogP contribution in [0.1, 0.15) is 40.5 Å². The van der Waals surface area contributed by atoms with Crippen LogP contribution >= 0.6 is 11.3 Å². The first-order valence-corrected chi connectivity index (χ1v) is 11.4. The number of benzene rings is 2. The Labute approximate surface area is 188 Å². The van der Waals surface area contributed by atoms with Crippen molar-refractivity contribution >= 4 is 33.8 Å². The molecule has 2 aromatic carbocycles. The summed E-state index contributed by atoms with van der Waals surface area (Å²) in [6.45, 7) is 8.75. The molecule has 5 nitrogen and oxygen atoms in total. The SMILES string of the molecule is COc1cccc(Nc2nc(-c3cccc(NC(=O)CC(C)CC(C)(C)C)c3)cs2)c1. The van der Waals surface area contributed by atoms with E-state index in [1.54, 1.807) is 7.11 Å². The molecular weight excluding hydrogens is 406 g/mol. The number of rotatable bonds is 8. The van der Waals surface area contributed by atoms with E-state index in [1.165, 1.54) is 11.3 Å². The molecular formula is C25H31N3O2S. The fourth-order valence-electron chi connectivity index (χ4n) is 3.69. The third-order valence-electron chi connectivity index (χ3n) is 4.76. The second-order valence-electron chi connectivity index (χ2n) is 9.10. The van der Waals surface area contributed by atoms with Crippen molar-refractivity contribution in [3.8, 4) is 17.0 Å². The zero-order valence-corrected chi connectivity index (χ0v) is 19.7. The molecule has 0 spiro atoms. The Morgan fingerprint density at radius 1 is 1.13 bits per heavy atom.